The molecule has 1 atom stereocenters. The molecule has 0 unspecified atom stereocenters. The Morgan fingerprint density at radius 1 is 1.12 bits per heavy atom. The van der Waals surface area contributed by atoms with E-state index in [1.807, 2.05) is 22.9 Å². The molecule has 1 aliphatic carbocycles. The number of hydrogen-bond acceptors (Lipinski definition) is 5. The van der Waals surface area contributed by atoms with Crippen molar-refractivity contribution >= 4 is 28.3 Å². The molecule has 0 bridgehead atoms. The zero-order valence-corrected chi connectivity index (χ0v) is 20.0. The minimum atomic E-state index is 0.0132. The topological polar surface area (TPSA) is 68.5 Å². The first-order chi connectivity index (χ1) is 15.9. The SMILES string of the molecule is CC(C)(C)CNc1ncnc2ccc(C[C@H](c3cn(C4CC4)nn3)c3ccccc3Cl)cc12. The van der Waals surface area contributed by atoms with E-state index in [0.29, 0.717) is 6.04 Å². The van der Waals surface area contributed by atoms with Crippen LogP contribution in [0.15, 0.2) is 55.0 Å². The Hall–Kier alpha value is -2.99. The lowest BCUT2D eigenvalue weighted by molar-refractivity contribution is 0.442. The highest BCUT2D eigenvalue weighted by molar-refractivity contribution is 6.31. The summed E-state index contributed by atoms with van der Waals surface area (Å²) in [4.78, 5) is 8.99. The van der Waals surface area contributed by atoms with Gasteiger partial charge in [0.2, 0.25) is 0 Å². The van der Waals surface area contributed by atoms with Gasteiger partial charge in [-0.15, -0.1) is 5.10 Å². The summed E-state index contributed by atoms with van der Waals surface area (Å²) in [5.74, 6) is 0.880. The number of rotatable bonds is 7. The van der Waals surface area contributed by atoms with Crippen molar-refractivity contribution in [3.63, 3.8) is 0 Å². The number of nitrogens with one attached hydrogen (secondary N) is 1. The lowest BCUT2D eigenvalue weighted by atomic mass is 9.89. The molecule has 5 rings (SSSR count). The van der Waals surface area contributed by atoms with Gasteiger partial charge in [0, 0.05) is 29.1 Å². The Labute approximate surface area is 199 Å². The quantitative estimate of drug-likeness (QED) is 0.364. The van der Waals surface area contributed by atoms with Gasteiger partial charge in [0.15, 0.2) is 0 Å². The van der Waals surface area contributed by atoms with Crippen molar-refractivity contribution in [1.29, 1.82) is 0 Å². The van der Waals surface area contributed by atoms with Crippen LogP contribution in [-0.4, -0.2) is 31.5 Å². The van der Waals surface area contributed by atoms with E-state index in [1.54, 1.807) is 6.33 Å². The largest absolute Gasteiger partial charge is 0.369 e. The Morgan fingerprint density at radius 2 is 1.94 bits per heavy atom. The van der Waals surface area contributed by atoms with Crippen LogP contribution in [0.1, 0.15) is 62.4 Å². The average molecular weight is 461 g/mol. The van der Waals surface area contributed by atoms with E-state index in [9.17, 15) is 0 Å². The Kier molecular flexibility index (Phi) is 5.79. The van der Waals surface area contributed by atoms with Gasteiger partial charge in [-0.1, -0.05) is 61.9 Å². The molecule has 1 N–H and O–H groups in total. The number of anilines is 1. The van der Waals surface area contributed by atoms with Gasteiger partial charge in [0.05, 0.1) is 17.3 Å². The molecule has 1 aliphatic rings. The molecule has 2 heterocycles. The molecule has 33 heavy (non-hydrogen) atoms. The maximum atomic E-state index is 6.64. The van der Waals surface area contributed by atoms with Gasteiger partial charge in [-0.2, -0.15) is 0 Å². The van der Waals surface area contributed by atoms with Crippen LogP contribution in [0.4, 0.5) is 5.82 Å². The van der Waals surface area contributed by atoms with Gasteiger partial charge >= 0.3 is 0 Å². The molecule has 1 saturated carbocycles. The third kappa shape index (κ3) is 5.01. The fourth-order valence-corrected chi connectivity index (χ4v) is 4.32. The fourth-order valence-electron chi connectivity index (χ4n) is 4.06. The number of hydrogen-bond donors (Lipinski definition) is 1. The molecule has 6 nitrogen and oxygen atoms in total. The molecular formula is C26H29ClN6. The standard InChI is InChI=1S/C26H29ClN6/c1-26(2,3)15-28-25-21-13-17(8-11-23(21)29-16-30-25)12-20(19-6-4-5-7-22(19)27)24-14-33(32-31-24)18-9-10-18/h4-8,11,13-14,16,18,20H,9-10,12,15H2,1-3H3,(H,28,29,30)/t20-/m0/s1. The molecule has 2 aromatic carbocycles. The molecule has 4 aromatic rings. The van der Waals surface area contributed by atoms with Gasteiger partial charge in [0.1, 0.15) is 12.1 Å². The van der Waals surface area contributed by atoms with Crippen LogP contribution in [-0.2, 0) is 6.42 Å². The molecule has 7 heteroatoms. The van der Waals surface area contributed by atoms with Crippen LogP contribution < -0.4 is 5.32 Å². The first-order valence-corrected chi connectivity index (χ1v) is 11.9. The van der Waals surface area contributed by atoms with Gasteiger partial charge in [-0.05, 0) is 54.0 Å². The van der Waals surface area contributed by atoms with Gasteiger partial charge < -0.3 is 5.32 Å². The summed E-state index contributed by atoms with van der Waals surface area (Å²) in [6.07, 6.45) is 6.82. The molecule has 1 fully saturated rings. The van der Waals surface area contributed by atoms with Crippen molar-refractivity contribution in [2.75, 3.05) is 11.9 Å². The van der Waals surface area contributed by atoms with Gasteiger partial charge in [-0.25, -0.2) is 14.6 Å². The van der Waals surface area contributed by atoms with Crippen LogP contribution in [0, 0.1) is 5.41 Å². The maximum Gasteiger partial charge on any atom is 0.137 e. The molecular weight excluding hydrogens is 432 g/mol. The van der Waals surface area contributed by atoms with Gasteiger partial charge in [-0.3, -0.25) is 0 Å². The third-order valence-corrected chi connectivity index (χ3v) is 6.36. The van der Waals surface area contributed by atoms with E-state index < -0.39 is 0 Å². The summed E-state index contributed by atoms with van der Waals surface area (Å²) in [7, 11) is 0. The molecule has 0 amide bonds. The van der Waals surface area contributed by atoms with Crippen molar-refractivity contribution in [2.24, 2.45) is 5.41 Å². The summed E-state index contributed by atoms with van der Waals surface area (Å²) >= 11 is 6.64. The molecule has 170 valence electrons. The number of halogens is 1. The zero-order valence-electron chi connectivity index (χ0n) is 19.3. The molecule has 2 aromatic heterocycles. The molecule has 0 aliphatic heterocycles. The van der Waals surface area contributed by atoms with Crippen LogP contribution in [0.5, 0.6) is 0 Å². The number of aromatic nitrogens is 5. The summed E-state index contributed by atoms with van der Waals surface area (Å²) in [5.41, 5.74) is 4.28. The molecule has 0 saturated heterocycles. The highest BCUT2D eigenvalue weighted by atomic mass is 35.5. The first-order valence-electron chi connectivity index (χ1n) is 11.5. The van der Waals surface area contributed by atoms with Crippen LogP contribution >= 0.6 is 11.6 Å². The van der Waals surface area contributed by atoms with Crippen molar-refractivity contribution in [1.82, 2.24) is 25.0 Å². The van der Waals surface area contributed by atoms with E-state index in [4.69, 9.17) is 11.6 Å². The second kappa shape index (κ2) is 8.75. The highest BCUT2D eigenvalue weighted by Crippen LogP contribution is 2.37. The summed E-state index contributed by atoms with van der Waals surface area (Å²) in [6.45, 7) is 7.45. The average Bonchev–Trinajstić information content (AvgIpc) is 3.53. The van der Waals surface area contributed by atoms with E-state index in [0.717, 1.165) is 46.0 Å². The van der Waals surface area contributed by atoms with E-state index in [-0.39, 0.29) is 11.3 Å². The van der Waals surface area contributed by atoms with Crippen molar-refractivity contribution in [2.45, 2.75) is 52.0 Å². The highest BCUT2D eigenvalue weighted by Gasteiger charge is 2.27. The Morgan fingerprint density at radius 3 is 2.70 bits per heavy atom. The van der Waals surface area contributed by atoms with E-state index in [2.05, 4.69) is 76.8 Å². The predicted octanol–water partition coefficient (Wildman–Crippen LogP) is 6.04. The fraction of sp³-hybridized carbons (Fsp3) is 0.385. The minimum Gasteiger partial charge on any atom is -0.369 e. The van der Waals surface area contributed by atoms with Crippen molar-refractivity contribution in [3.8, 4) is 0 Å². The monoisotopic (exact) mass is 460 g/mol. The van der Waals surface area contributed by atoms with Crippen molar-refractivity contribution < 1.29 is 0 Å². The first kappa shape index (κ1) is 21.8. The van der Waals surface area contributed by atoms with E-state index in [1.165, 1.54) is 18.4 Å². The summed E-state index contributed by atoms with van der Waals surface area (Å²) < 4.78 is 2.00. The smallest absolute Gasteiger partial charge is 0.137 e. The Bertz CT molecular complexity index is 1270. The van der Waals surface area contributed by atoms with Gasteiger partial charge in [0.25, 0.3) is 0 Å². The van der Waals surface area contributed by atoms with Crippen LogP contribution in [0.25, 0.3) is 10.9 Å². The lowest BCUT2D eigenvalue weighted by Crippen LogP contribution is -2.19. The van der Waals surface area contributed by atoms with Crippen molar-refractivity contribution in [3.05, 3.63) is 76.8 Å². The minimum absolute atomic E-state index is 0.0132. The number of nitrogens with zero attached hydrogens (tertiary/aromatic N) is 5. The zero-order chi connectivity index (χ0) is 23.0. The summed E-state index contributed by atoms with van der Waals surface area (Å²) in [6, 6.07) is 14.9. The Balaban J connectivity index is 1.50. The number of benzene rings is 2. The molecule has 0 radical (unpaired) electrons. The third-order valence-electron chi connectivity index (χ3n) is 6.01. The lowest BCUT2D eigenvalue weighted by Gasteiger charge is -2.20. The molecule has 0 spiro atoms. The van der Waals surface area contributed by atoms with Crippen LogP contribution in [0.3, 0.4) is 0 Å². The second-order valence-electron chi connectivity index (χ2n) is 10.1. The van der Waals surface area contributed by atoms with Crippen LogP contribution in [0.2, 0.25) is 5.02 Å². The number of fused-ring (bicyclic) bond motifs is 1. The normalized spacial score (nSPS) is 15.0. The van der Waals surface area contributed by atoms with E-state index >= 15 is 0 Å². The summed E-state index contributed by atoms with van der Waals surface area (Å²) in [5, 5.41) is 14.2. The second-order valence-corrected chi connectivity index (χ2v) is 10.5. The maximum absolute atomic E-state index is 6.64. The predicted molar refractivity (Wildman–Crippen MR) is 133 cm³/mol.